The first kappa shape index (κ1) is 14.9. The van der Waals surface area contributed by atoms with Crippen LogP contribution in [0.5, 0.6) is 0 Å². The topological polar surface area (TPSA) is 75.4 Å². The quantitative estimate of drug-likeness (QED) is 0.623. The lowest BCUT2D eigenvalue weighted by Gasteiger charge is -2.25. The van der Waals surface area contributed by atoms with Gasteiger partial charge in [-0.05, 0) is 25.0 Å². The van der Waals surface area contributed by atoms with Crippen molar-refractivity contribution >= 4 is 27.3 Å². The molecule has 0 spiro atoms. The van der Waals surface area contributed by atoms with Crippen LogP contribution in [0.4, 0.5) is 11.4 Å². The number of halogens is 1. The maximum atomic E-state index is 10.9. The van der Waals surface area contributed by atoms with Gasteiger partial charge in [0.1, 0.15) is 5.69 Å². The van der Waals surface area contributed by atoms with E-state index in [1.165, 1.54) is 6.07 Å². The third-order valence-electron chi connectivity index (χ3n) is 3.08. The molecule has 0 saturated carbocycles. The molecule has 18 heavy (non-hydrogen) atoms. The summed E-state index contributed by atoms with van der Waals surface area (Å²) in [6.07, 6.45) is 1.20. The second-order valence-electron chi connectivity index (χ2n) is 4.20. The lowest BCUT2D eigenvalue weighted by Crippen LogP contribution is -2.35. The predicted molar refractivity (Wildman–Crippen MR) is 74.8 cm³/mol. The van der Waals surface area contributed by atoms with E-state index in [-0.39, 0.29) is 5.69 Å². The monoisotopic (exact) mass is 316 g/mol. The van der Waals surface area contributed by atoms with E-state index in [1.807, 2.05) is 13.8 Å². The van der Waals surface area contributed by atoms with Gasteiger partial charge in [-0.3, -0.25) is 10.1 Å². The van der Waals surface area contributed by atoms with Crippen LogP contribution >= 0.6 is 15.9 Å². The van der Waals surface area contributed by atoms with Gasteiger partial charge in [0.15, 0.2) is 0 Å². The molecule has 0 aliphatic heterocycles. The third kappa shape index (κ3) is 3.68. The molecule has 0 aromatic heterocycles. The van der Waals surface area contributed by atoms with Crippen LogP contribution in [0.15, 0.2) is 22.7 Å². The number of rotatable bonds is 6. The Bertz CT molecular complexity index is 433. The summed E-state index contributed by atoms with van der Waals surface area (Å²) in [5.41, 5.74) is -0.413. The molecular formula is C12H17BrN2O3. The molecule has 0 aliphatic rings. The van der Waals surface area contributed by atoms with Gasteiger partial charge < -0.3 is 10.4 Å². The molecule has 0 fully saturated rings. The summed E-state index contributed by atoms with van der Waals surface area (Å²) in [6, 6.07) is 4.81. The zero-order valence-corrected chi connectivity index (χ0v) is 12.0. The summed E-state index contributed by atoms with van der Waals surface area (Å²) in [5.74, 6) is 0. The normalized spacial score (nSPS) is 11.3. The van der Waals surface area contributed by atoms with Gasteiger partial charge in [0.2, 0.25) is 0 Å². The smallest absolute Gasteiger partial charge is 0.293 e. The molecule has 100 valence electrons. The Kier molecular flexibility index (Phi) is 5.10. The van der Waals surface area contributed by atoms with Gasteiger partial charge >= 0.3 is 0 Å². The average molecular weight is 317 g/mol. The van der Waals surface area contributed by atoms with Gasteiger partial charge in [-0.25, -0.2) is 0 Å². The number of nitro benzene ring substituents is 1. The second-order valence-corrected chi connectivity index (χ2v) is 5.12. The number of anilines is 1. The number of hydrogen-bond donors (Lipinski definition) is 2. The van der Waals surface area contributed by atoms with Gasteiger partial charge in [-0.15, -0.1) is 0 Å². The van der Waals surface area contributed by atoms with Crippen LogP contribution in [-0.4, -0.2) is 22.2 Å². The molecule has 1 aromatic rings. The van der Waals surface area contributed by atoms with Crippen molar-refractivity contribution in [3.8, 4) is 0 Å². The number of aliphatic hydroxyl groups is 1. The van der Waals surface area contributed by atoms with E-state index >= 15 is 0 Å². The highest BCUT2D eigenvalue weighted by Gasteiger charge is 2.23. The van der Waals surface area contributed by atoms with Gasteiger partial charge in [-0.1, -0.05) is 29.8 Å². The van der Waals surface area contributed by atoms with E-state index in [2.05, 4.69) is 21.2 Å². The lowest BCUT2D eigenvalue weighted by molar-refractivity contribution is -0.384. The van der Waals surface area contributed by atoms with Crippen LogP contribution in [0.1, 0.15) is 26.7 Å². The summed E-state index contributed by atoms with van der Waals surface area (Å²) in [4.78, 5) is 10.5. The van der Waals surface area contributed by atoms with Crippen molar-refractivity contribution < 1.29 is 10.0 Å². The molecule has 2 N–H and O–H groups in total. The number of hydrogen-bond acceptors (Lipinski definition) is 4. The molecule has 5 nitrogen and oxygen atoms in total. The summed E-state index contributed by atoms with van der Waals surface area (Å²) in [6.45, 7) is 4.07. The minimum absolute atomic E-state index is 0.000990. The first-order chi connectivity index (χ1) is 8.41. The zero-order chi connectivity index (χ0) is 13.8. The number of nitro groups is 1. The van der Waals surface area contributed by atoms with E-state index in [9.17, 15) is 15.2 Å². The molecule has 0 heterocycles. The second kappa shape index (κ2) is 6.15. The van der Waals surface area contributed by atoms with Crippen LogP contribution in [0.2, 0.25) is 0 Å². The van der Waals surface area contributed by atoms with E-state index in [1.54, 1.807) is 12.1 Å². The van der Waals surface area contributed by atoms with Crippen molar-refractivity contribution in [2.75, 3.05) is 11.9 Å². The SMILES string of the molecule is CCC(O)(CC)CNc1ccc(Br)cc1[N+](=O)[O-]. The molecular weight excluding hydrogens is 300 g/mol. The van der Waals surface area contributed by atoms with E-state index in [0.717, 1.165) is 0 Å². The van der Waals surface area contributed by atoms with Gasteiger partial charge in [-0.2, -0.15) is 0 Å². The summed E-state index contributed by atoms with van der Waals surface area (Å²) in [7, 11) is 0. The van der Waals surface area contributed by atoms with Crippen molar-refractivity contribution in [2.45, 2.75) is 32.3 Å². The Hall–Kier alpha value is -1.14. The highest BCUT2D eigenvalue weighted by molar-refractivity contribution is 9.10. The molecule has 0 radical (unpaired) electrons. The van der Waals surface area contributed by atoms with Gasteiger partial charge in [0, 0.05) is 17.1 Å². The van der Waals surface area contributed by atoms with Crippen molar-refractivity contribution in [3.63, 3.8) is 0 Å². The van der Waals surface area contributed by atoms with Gasteiger partial charge in [0.25, 0.3) is 5.69 Å². The van der Waals surface area contributed by atoms with Crippen LogP contribution in [-0.2, 0) is 0 Å². The fraction of sp³-hybridized carbons (Fsp3) is 0.500. The molecule has 1 rings (SSSR count). The minimum Gasteiger partial charge on any atom is -0.388 e. The molecule has 0 amide bonds. The first-order valence-electron chi connectivity index (χ1n) is 5.82. The summed E-state index contributed by atoms with van der Waals surface area (Å²) >= 11 is 3.20. The maximum absolute atomic E-state index is 10.9. The summed E-state index contributed by atoms with van der Waals surface area (Å²) < 4.78 is 0.654. The molecule has 0 saturated heterocycles. The molecule has 0 unspecified atom stereocenters. The molecule has 0 atom stereocenters. The number of nitrogens with zero attached hydrogens (tertiary/aromatic N) is 1. The fourth-order valence-corrected chi connectivity index (χ4v) is 1.91. The average Bonchev–Trinajstić information content (AvgIpc) is 2.36. The highest BCUT2D eigenvalue weighted by Crippen LogP contribution is 2.28. The Morgan fingerprint density at radius 3 is 2.56 bits per heavy atom. The molecule has 1 aromatic carbocycles. The first-order valence-corrected chi connectivity index (χ1v) is 6.61. The number of nitrogens with one attached hydrogen (secondary N) is 1. The van der Waals surface area contributed by atoms with E-state index in [4.69, 9.17) is 0 Å². The predicted octanol–water partition coefficient (Wildman–Crippen LogP) is 3.32. The van der Waals surface area contributed by atoms with Gasteiger partial charge in [0.05, 0.1) is 10.5 Å². The Morgan fingerprint density at radius 2 is 2.06 bits per heavy atom. The minimum atomic E-state index is -0.832. The Balaban J connectivity index is 2.88. The van der Waals surface area contributed by atoms with Crippen LogP contribution in [0.3, 0.4) is 0 Å². The van der Waals surface area contributed by atoms with Crippen LogP contribution in [0, 0.1) is 10.1 Å². The summed E-state index contributed by atoms with van der Waals surface area (Å²) in [5, 5.41) is 24.0. The van der Waals surface area contributed by atoms with Crippen molar-refractivity contribution in [1.29, 1.82) is 0 Å². The highest BCUT2D eigenvalue weighted by atomic mass is 79.9. The molecule has 6 heteroatoms. The fourth-order valence-electron chi connectivity index (χ4n) is 1.57. The Labute approximate surface area is 114 Å². The zero-order valence-electron chi connectivity index (χ0n) is 10.4. The largest absolute Gasteiger partial charge is 0.388 e. The van der Waals surface area contributed by atoms with Crippen LogP contribution in [0.25, 0.3) is 0 Å². The number of benzene rings is 1. The van der Waals surface area contributed by atoms with E-state index in [0.29, 0.717) is 29.5 Å². The lowest BCUT2D eigenvalue weighted by atomic mass is 9.97. The van der Waals surface area contributed by atoms with Crippen LogP contribution < -0.4 is 5.32 Å². The van der Waals surface area contributed by atoms with Crippen molar-refractivity contribution in [2.24, 2.45) is 0 Å². The van der Waals surface area contributed by atoms with Crippen molar-refractivity contribution in [1.82, 2.24) is 0 Å². The Morgan fingerprint density at radius 1 is 1.44 bits per heavy atom. The van der Waals surface area contributed by atoms with Crippen molar-refractivity contribution in [3.05, 3.63) is 32.8 Å². The third-order valence-corrected chi connectivity index (χ3v) is 3.57. The standard InChI is InChI=1S/C12H17BrN2O3/c1-3-12(16,4-2)8-14-10-6-5-9(13)7-11(10)15(17)18/h5-7,14,16H,3-4,8H2,1-2H3. The molecule has 0 aliphatic carbocycles. The molecule has 0 bridgehead atoms. The maximum Gasteiger partial charge on any atom is 0.293 e. The van der Waals surface area contributed by atoms with E-state index < -0.39 is 10.5 Å².